The second-order valence-electron chi connectivity index (χ2n) is 5.33. The summed E-state index contributed by atoms with van der Waals surface area (Å²) in [5, 5.41) is 0. The largest absolute Gasteiger partial charge is 0.468 e. The number of sulfonamides is 1. The smallest absolute Gasteiger partial charge is 0.324 e. The van der Waals surface area contributed by atoms with Crippen molar-refractivity contribution in [3.8, 4) is 0 Å². The van der Waals surface area contributed by atoms with Crippen molar-refractivity contribution in [3.05, 3.63) is 59.7 Å². The number of methoxy groups -OCH3 is 1. The van der Waals surface area contributed by atoms with Crippen LogP contribution < -0.4 is 4.72 Å². The third kappa shape index (κ3) is 5.07. The maximum absolute atomic E-state index is 13.0. The Hall–Kier alpha value is -2.32. The summed E-state index contributed by atoms with van der Waals surface area (Å²) in [7, 11) is -2.83. The summed E-state index contributed by atoms with van der Waals surface area (Å²) < 4.78 is 44.8. The van der Waals surface area contributed by atoms with Crippen LogP contribution in [0.4, 0.5) is 4.39 Å². The lowest BCUT2D eigenvalue weighted by molar-refractivity contribution is -0.142. The molecule has 0 unspecified atom stereocenters. The second-order valence-corrected chi connectivity index (χ2v) is 7.04. The molecule has 1 aromatic heterocycles. The van der Waals surface area contributed by atoms with Gasteiger partial charge in [0.05, 0.1) is 12.0 Å². The molecule has 0 bridgehead atoms. The van der Waals surface area contributed by atoms with E-state index in [1.807, 2.05) is 13.0 Å². The Bertz CT molecular complexity index is 838. The molecule has 0 radical (unpaired) electrons. The summed E-state index contributed by atoms with van der Waals surface area (Å²) in [6.07, 6.45) is 0.763. The third-order valence-corrected chi connectivity index (χ3v) is 5.03. The minimum Gasteiger partial charge on any atom is -0.468 e. The Morgan fingerprint density at radius 2 is 1.84 bits per heavy atom. The molecule has 1 atom stereocenters. The molecule has 0 aliphatic heterocycles. The summed E-state index contributed by atoms with van der Waals surface area (Å²) in [6, 6.07) is 8.54. The van der Waals surface area contributed by atoms with Crippen LogP contribution in [-0.2, 0) is 32.4 Å². The summed E-state index contributed by atoms with van der Waals surface area (Å²) in [4.78, 5) is 16.2. The van der Waals surface area contributed by atoms with Crippen LogP contribution in [-0.4, -0.2) is 32.5 Å². The first-order valence-electron chi connectivity index (χ1n) is 7.66. The first-order chi connectivity index (χ1) is 11.9. The van der Waals surface area contributed by atoms with Gasteiger partial charge in [-0.05, 0) is 42.8 Å². The number of aromatic nitrogens is 1. The lowest BCUT2D eigenvalue weighted by atomic mass is 10.1. The zero-order chi connectivity index (χ0) is 18.4. The third-order valence-electron chi connectivity index (χ3n) is 3.55. The zero-order valence-electron chi connectivity index (χ0n) is 13.9. The maximum atomic E-state index is 13.0. The van der Waals surface area contributed by atoms with Gasteiger partial charge in [0.15, 0.2) is 0 Å². The molecule has 0 aliphatic carbocycles. The van der Waals surface area contributed by atoms with Gasteiger partial charge in [-0.1, -0.05) is 13.0 Å². The summed E-state index contributed by atoms with van der Waals surface area (Å²) >= 11 is 0. The van der Waals surface area contributed by atoms with Gasteiger partial charge < -0.3 is 4.74 Å². The normalized spacial score (nSPS) is 12.6. The quantitative estimate of drug-likeness (QED) is 0.756. The number of hydrogen-bond acceptors (Lipinski definition) is 5. The van der Waals surface area contributed by atoms with Gasteiger partial charge >= 0.3 is 5.97 Å². The van der Waals surface area contributed by atoms with E-state index in [2.05, 4.69) is 14.4 Å². The van der Waals surface area contributed by atoms with Crippen molar-refractivity contribution in [2.75, 3.05) is 7.11 Å². The Morgan fingerprint density at radius 1 is 1.20 bits per heavy atom. The predicted octanol–water partition coefficient (Wildman–Crippen LogP) is 1.85. The number of pyridine rings is 1. The molecule has 0 saturated heterocycles. The maximum Gasteiger partial charge on any atom is 0.324 e. The molecule has 134 valence electrons. The highest BCUT2D eigenvalue weighted by molar-refractivity contribution is 7.89. The molecule has 0 spiro atoms. The summed E-state index contributed by atoms with van der Waals surface area (Å²) in [5.41, 5.74) is 1.40. The van der Waals surface area contributed by atoms with E-state index in [0.717, 1.165) is 36.4 Å². The molecule has 2 rings (SSSR count). The van der Waals surface area contributed by atoms with Crippen molar-refractivity contribution in [2.24, 2.45) is 0 Å². The van der Waals surface area contributed by atoms with E-state index in [9.17, 15) is 17.6 Å². The van der Waals surface area contributed by atoms with Crippen LogP contribution in [0, 0.1) is 5.82 Å². The number of esters is 1. The molecule has 0 saturated carbocycles. The van der Waals surface area contributed by atoms with Crippen molar-refractivity contribution in [3.63, 3.8) is 0 Å². The minimum atomic E-state index is -4.01. The number of aryl methyl sites for hydroxylation is 1. The van der Waals surface area contributed by atoms with E-state index >= 15 is 0 Å². The first kappa shape index (κ1) is 19.0. The molecule has 0 aliphatic rings. The van der Waals surface area contributed by atoms with Crippen molar-refractivity contribution in [1.29, 1.82) is 0 Å². The monoisotopic (exact) mass is 366 g/mol. The fourth-order valence-corrected chi connectivity index (χ4v) is 3.42. The van der Waals surface area contributed by atoms with E-state index in [-0.39, 0.29) is 11.3 Å². The fourth-order valence-electron chi connectivity index (χ4n) is 2.23. The van der Waals surface area contributed by atoms with Crippen molar-refractivity contribution in [2.45, 2.75) is 30.7 Å². The molecule has 1 N–H and O–H groups in total. The van der Waals surface area contributed by atoms with E-state index < -0.39 is 27.9 Å². The average molecular weight is 366 g/mol. The van der Waals surface area contributed by atoms with Crippen LogP contribution in [0.25, 0.3) is 0 Å². The molecule has 0 amide bonds. The molecule has 2 aromatic rings. The van der Waals surface area contributed by atoms with Crippen molar-refractivity contribution < 1.29 is 22.3 Å². The highest BCUT2D eigenvalue weighted by Gasteiger charge is 2.27. The zero-order valence-corrected chi connectivity index (χ0v) is 14.7. The van der Waals surface area contributed by atoms with Crippen molar-refractivity contribution in [1.82, 2.24) is 9.71 Å². The topological polar surface area (TPSA) is 85.4 Å². The molecular weight excluding hydrogens is 347 g/mol. The fraction of sp³-hybridized carbons (Fsp3) is 0.294. The van der Waals surface area contributed by atoms with Gasteiger partial charge in [-0.3, -0.25) is 9.78 Å². The predicted molar refractivity (Wildman–Crippen MR) is 89.8 cm³/mol. The number of nitrogens with one attached hydrogen (secondary N) is 1. The van der Waals surface area contributed by atoms with Crippen LogP contribution in [0.3, 0.4) is 0 Å². The number of carbonyl (C=O) groups is 1. The van der Waals surface area contributed by atoms with E-state index in [1.165, 1.54) is 7.11 Å². The number of hydrogen-bond donors (Lipinski definition) is 1. The van der Waals surface area contributed by atoms with E-state index in [4.69, 9.17) is 0 Å². The van der Waals surface area contributed by atoms with Crippen LogP contribution in [0.2, 0.25) is 0 Å². The molecule has 1 aromatic carbocycles. The standard InChI is InChI=1S/C17H19FN2O4S/c1-3-13-5-4-6-14(19-13)11-16(17(21)24-2)20-25(22,23)15-9-7-12(18)8-10-15/h4-10,16,20H,3,11H2,1-2H3/t16-/m0/s1. The first-order valence-corrected chi connectivity index (χ1v) is 9.14. The summed E-state index contributed by atoms with van der Waals surface area (Å²) in [5.74, 6) is -1.28. The van der Waals surface area contributed by atoms with E-state index in [0.29, 0.717) is 5.69 Å². The van der Waals surface area contributed by atoms with Gasteiger partial charge in [-0.15, -0.1) is 0 Å². The molecular formula is C17H19FN2O4S. The average Bonchev–Trinajstić information content (AvgIpc) is 2.60. The Labute approximate surface area is 146 Å². The van der Waals surface area contributed by atoms with Gasteiger partial charge in [0.25, 0.3) is 0 Å². The second kappa shape index (κ2) is 8.17. The van der Waals surface area contributed by atoms with Crippen LogP contribution in [0.5, 0.6) is 0 Å². The van der Waals surface area contributed by atoms with Crippen LogP contribution in [0.15, 0.2) is 47.4 Å². The van der Waals surface area contributed by atoms with Gasteiger partial charge in [-0.2, -0.15) is 4.72 Å². The number of halogens is 1. The van der Waals surface area contributed by atoms with E-state index in [1.54, 1.807) is 12.1 Å². The highest BCUT2D eigenvalue weighted by Crippen LogP contribution is 2.12. The van der Waals surface area contributed by atoms with Gasteiger partial charge in [0.2, 0.25) is 10.0 Å². The molecule has 6 nitrogen and oxygen atoms in total. The lowest BCUT2D eigenvalue weighted by Gasteiger charge is -2.16. The molecule has 1 heterocycles. The Morgan fingerprint density at radius 3 is 2.44 bits per heavy atom. The number of nitrogens with zero attached hydrogens (tertiary/aromatic N) is 1. The molecule has 8 heteroatoms. The summed E-state index contributed by atoms with van der Waals surface area (Å²) in [6.45, 7) is 1.95. The highest BCUT2D eigenvalue weighted by atomic mass is 32.2. The van der Waals surface area contributed by atoms with Gasteiger partial charge in [-0.25, -0.2) is 12.8 Å². The SMILES string of the molecule is CCc1cccc(C[C@H](NS(=O)(=O)c2ccc(F)cc2)C(=O)OC)n1. The number of rotatable bonds is 7. The number of benzene rings is 1. The Kier molecular flexibility index (Phi) is 6.22. The van der Waals surface area contributed by atoms with Gasteiger partial charge in [0, 0.05) is 17.8 Å². The van der Waals surface area contributed by atoms with Crippen LogP contribution >= 0.6 is 0 Å². The van der Waals surface area contributed by atoms with Crippen molar-refractivity contribution >= 4 is 16.0 Å². The molecule has 25 heavy (non-hydrogen) atoms. The van der Waals surface area contributed by atoms with Crippen LogP contribution in [0.1, 0.15) is 18.3 Å². The number of ether oxygens (including phenoxy) is 1. The van der Waals surface area contributed by atoms with Gasteiger partial charge in [0.1, 0.15) is 11.9 Å². The number of carbonyl (C=O) groups excluding carboxylic acids is 1. The Balaban J connectivity index is 2.25. The minimum absolute atomic E-state index is 0.0426. The lowest BCUT2D eigenvalue weighted by Crippen LogP contribution is -2.43. The molecule has 0 fully saturated rings.